The van der Waals surface area contributed by atoms with Gasteiger partial charge in [-0.05, 0) is 64.2 Å². The lowest BCUT2D eigenvalue weighted by molar-refractivity contribution is -0.208. The van der Waals surface area contributed by atoms with Gasteiger partial charge in [-0.2, -0.15) is 0 Å². The predicted octanol–water partition coefficient (Wildman–Crippen LogP) is 3.16. The van der Waals surface area contributed by atoms with Crippen LogP contribution >= 0.6 is 0 Å². The standard InChI is InChI=1S/C18H28O6/c1-4-16(2,3)14(19)22-11-23-15(20)24-18-8-12-5-13(9-18)7-17(21,6-12)10-18/h12-13,21H,4-11H2,1-3H3. The van der Waals surface area contributed by atoms with Gasteiger partial charge in [-0.1, -0.05) is 6.92 Å². The van der Waals surface area contributed by atoms with Crippen molar-refractivity contribution in [3.63, 3.8) is 0 Å². The van der Waals surface area contributed by atoms with E-state index in [4.69, 9.17) is 14.2 Å². The Morgan fingerprint density at radius 3 is 2.29 bits per heavy atom. The number of hydrogen-bond donors (Lipinski definition) is 1. The van der Waals surface area contributed by atoms with Crippen molar-refractivity contribution >= 4 is 12.1 Å². The zero-order valence-corrected chi connectivity index (χ0v) is 14.8. The highest BCUT2D eigenvalue weighted by Gasteiger charge is 2.59. The third-order valence-corrected chi connectivity index (χ3v) is 6.08. The third kappa shape index (κ3) is 3.39. The summed E-state index contributed by atoms with van der Waals surface area (Å²) in [7, 11) is 0. The number of esters is 1. The van der Waals surface area contributed by atoms with Crippen LogP contribution in [-0.2, 0) is 19.0 Å². The number of aliphatic hydroxyl groups is 1. The van der Waals surface area contributed by atoms with E-state index in [9.17, 15) is 14.7 Å². The fourth-order valence-corrected chi connectivity index (χ4v) is 4.93. The molecule has 4 fully saturated rings. The highest BCUT2D eigenvalue weighted by Crippen LogP contribution is 2.58. The first-order valence-electron chi connectivity index (χ1n) is 8.91. The van der Waals surface area contributed by atoms with Crippen molar-refractivity contribution < 1.29 is 28.9 Å². The van der Waals surface area contributed by atoms with Crippen LogP contribution < -0.4 is 0 Å². The topological polar surface area (TPSA) is 82.1 Å². The maximum Gasteiger partial charge on any atom is 0.511 e. The van der Waals surface area contributed by atoms with E-state index in [1.54, 1.807) is 13.8 Å². The molecule has 2 atom stereocenters. The zero-order valence-electron chi connectivity index (χ0n) is 14.8. The Bertz CT molecular complexity index is 512. The predicted molar refractivity (Wildman–Crippen MR) is 85.0 cm³/mol. The van der Waals surface area contributed by atoms with Crippen LogP contribution in [-0.4, -0.2) is 35.2 Å². The molecule has 2 unspecified atom stereocenters. The van der Waals surface area contributed by atoms with Gasteiger partial charge in [0.1, 0.15) is 5.60 Å². The van der Waals surface area contributed by atoms with Gasteiger partial charge >= 0.3 is 12.1 Å². The summed E-state index contributed by atoms with van der Waals surface area (Å²) in [6, 6.07) is 0. The molecule has 6 heteroatoms. The minimum atomic E-state index is -0.817. The molecule has 4 aliphatic rings. The molecule has 6 nitrogen and oxygen atoms in total. The first-order chi connectivity index (χ1) is 11.2. The van der Waals surface area contributed by atoms with Gasteiger partial charge in [0.2, 0.25) is 6.79 Å². The molecule has 0 radical (unpaired) electrons. The molecule has 0 heterocycles. The Labute approximate surface area is 142 Å². The van der Waals surface area contributed by atoms with Crippen molar-refractivity contribution in [2.45, 2.75) is 76.9 Å². The summed E-state index contributed by atoms with van der Waals surface area (Å²) in [5.74, 6) is 0.446. The van der Waals surface area contributed by atoms with E-state index in [-0.39, 0.29) is 0 Å². The van der Waals surface area contributed by atoms with Crippen molar-refractivity contribution in [1.29, 1.82) is 0 Å². The average molecular weight is 340 g/mol. The maximum absolute atomic E-state index is 12.0. The number of rotatable bonds is 5. The first kappa shape index (κ1) is 17.5. The quantitative estimate of drug-likeness (QED) is 0.611. The second-order valence-corrected chi connectivity index (χ2v) is 8.65. The summed E-state index contributed by atoms with van der Waals surface area (Å²) >= 11 is 0. The smallest absolute Gasteiger partial charge is 0.427 e. The van der Waals surface area contributed by atoms with E-state index < -0.39 is 35.5 Å². The molecule has 4 rings (SSSR count). The van der Waals surface area contributed by atoms with Crippen LogP contribution in [0.5, 0.6) is 0 Å². The molecule has 4 saturated carbocycles. The number of hydrogen-bond acceptors (Lipinski definition) is 6. The van der Waals surface area contributed by atoms with Crippen LogP contribution in [0.2, 0.25) is 0 Å². The lowest BCUT2D eigenvalue weighted by atomic mass is 9.52. The molecule has 136 valence electrons. The maximum atomic E-state index is 12.0. The molecule has 1 N–H and O–H groups in total. The van der Waals surface area contributed by atoms with E-state index in [1.807, 2.05) is 6.92 Å². The van der Waals surface area contributed by atoms with Gasteiger partial charge in [-0.15, -0.1) is 0 Å². The molecule has 4 aliphatic carbocycles. The number of ether oxygens (including phenoxy) is 3. The molecule has 4 bridgehead atoms. The van der Waals surface area contributed by atoms with Crippen molar-refractivity contribution in [2.75, 3.05) is 6.79 Å². The Morgan fingerprint density at radius 1 is 1.12 bits per heavy atom. The summed E-state index contributed by atoms with van der Waals surface area (Å²) in [5.41, 5.74) is -1.90. The van der Waals surface area contributed by atoms with Gasteiger partial charge in [-0.3, -0.25) is 4.79 Å². The van der Waals surface area contributed by atoms with E-state index in [1.165, 1.54) is 0 Å². The highest BCUT2D eigenvalue weighted by molar-refractivity contribution is 5.75. The molecule has 0 saturated heterocycles. The Kier molecular flexibility index (Phi) is 4.31. The fraction of sp³-hybridized carbons (Fsp3) is 0.889. The minimum absolute atomic E-state index is 0.401. The van der Waals surface area contributed by atoms with Crippen LogP contribution in [0.15, 0.2) is 0 Å². The molecule has 0 aliphatic heterocycles. The van der Waals surface area contributed by atoms with Crippen molar-refractivity contribution in [2.24, 2.45) is 17.3 Å². The Morgan fingerprint density at radius 2 is 1.75 bits per heavy atom. The van der Waals surface area contributed by atoms with Gasteiger partial charge in [0.15, 0.2) is 0 Å². The minimum Gasteiger partial charge on any atom is -0.427 e. The molecule has 0 aromatic heterocycles. The van der Waals surface area contributed by atoms with E-state index in [0.29, 0.717) is 24.7 Å². The Balaban J connectivity index is 1.50. The van der Waals surface area contributed by atoms with Crippen LogP contribution in [0.3, 0.4) is 0 Å². The van der Waals surface area contributed by atoms with Crippen molar-refractivity contribution in [3.8, 4) is 0 Å². The van der Waals surface area contributed by atoms with Crippen LogP contribution in [0.25, 0.3) is 0 Å². The van der Waals surface area contributed by atoms with Gasteiger partial charge in [0, 0.05) is 6.42 Å². The molecule has 0 aromatic carbocycles. The van der Waals surface area contributed by atoms with Gasteiger partial charge in [0.05, 0.1) is 11.0 Å². The van der Waals surface area contributed by atoms with Crippen LogP contribution in [0.4, 0.5) is 4.79 Å². The van der Waals surface area contributed by atoms with Crippen LogP contribution in [0, 0.1) is 17.3 Å². The highest BCUT2D eigenvalue weighted by atomic mass is 16.8. The number of carbonyl (C=O) groups excluding carboxylic acids is 2. The van der Waals surface area contributed by atoms with Gasteiger partial charge < -0.3 is 19.3 Å². The Hall–Kier alpha value is -1.30. The zero-order chi connectivity index (χ0) is 17.6. The second kappa shape index (κ2) is 5.90. The lowest BCUT2D eigenvalue weighted by Crippen LogP contribution is -2.60. The second-order valence-electron chi connectivity index (χ2n) is 8.65. The normalized spacial score (nSPS) is 37.2. The molecular weight excluding hydrogens is 312 g/mol. The van der Waals surface area contributed by atoms with Crippen molar-refractivity contribution in [3.05, 3.63) is 0 Å². The fourth-order valence-electron chi connectivity index (χ4n) is 4.93. The molecule has 0 spiro atoms. The number of carbonyl (C=O) groups is 2. The van der Waals surface area contributed by atoms with Crippen molar-refractivity contribution in [1.82, 2.24) is 0 Å². The summed E-state index contributed by atoms with van der Waals surface area (Å²) in [5, 5.41) is 10.6. The SMILES string of the molecule is CCC(C)(C)C(=O)OCOC(=O)OC12CC3CC(CC(O)(C3)C1)C2. The summed E-state index contributed by atoms with van der Waals surface area (Å²) in [4.78, 5) is 23.9. The van der Waals surface area contributed by atoms with E-state index >= 15 is 0 Å². The molecule has 0 aromatic rings. The van der Waals surface area contributed by atoms with Gasteiger partial charge in [-0.25, -0.2) is 4.79 Å². The average Bonchev–Trinajstić information content (AvgIpc) is 2.43. The molecular formula is C18H28O6. The lowest BCUT2D eigenvalue weighted by Gasteiger charge is -2.58. The summed E-state index contributed by atoms with van der Waals surface area (Å²) < 4.78 is 15.5. The van der Waals surface area contributed by atoms with E-state index in [0.717, 1.165) is 32.1 Å². The summed E-state index contributed by atoms with van der Waals surface area (Å²) in [6.45, 7) is 5.02. The van der Waals surface area contributed by atoms with Gasteiger partial charge in [0.25, 0.3) is 0 Å². The van der Waals surface area contributed by atoms with Crippen LogP contribution in [0.1, 0.15) is 65.7 Å². The largest absolute Gasteiger partial charge is 0.511 e. The molecule has 0 amide bonds. The monoisotopic (exact) mass is 340 g/mol. The first-order valence-corrected chi connectivity index (χ1v) is 8.91. The van der Waals surface area contributed by atoms with E-state index in [2.05, 4.69) is 0 Å². The molecule has 24 heavy (non-hydrogen) atoms. The third-order valence-electron chi connectivity index (χ3n) is 6.08. The summed E-state index contributed by atoms with van der Waals surface area (Å²) in [6.07, 6.45) is 4.65.